The van der Waals surface area contributed by atoms with E-state index in [9.17, 15) is 4.79 Å². The smallest absolute Gasteiger partial charge is 0.233 e. The van der Waals surface area contributed by atoms with Gasteiger partial charge in [-0.05, 0) is 38.0 Å². The van der Waals surface area contributed by atoms with Gasteiger partial charge in [-0.3, -0.25) is 4.79 Å². The summed E-state index contributed by atoms with van der Waals surface area (Å²) in [5, 5.41) is 4.08. The van der Waals surface area contributed by atoms with Crippen LogP contribution in [0.15, 0.2) is 39.8 Å². The molecule has 1 aromatic carbocycles. The van der Waals surface area contributed by atoms with Crippen LogP contribution in [0.5, 0.6) is 5.75 Å². The lowest BCUT2D eigenvalue weighted by Gasteiger charge is -2.22. The van der Waals surface area contributed by atoms with Crippen molar-refractivity contribution in [3.05, 3.63) is 41.8 Å². The normalized spacial score (nSPS) is 17.5. The van der Waals surface area contributed by atoms with Gasteiger partial charge in [-0.2, -0.15) is 0 Å². The molecule has 23 heavy (non-hydrogen) atoms. The van der Waals surface area contributed by atoms with Crippen molar-refractivity contribution >= 4 is 17.7 Å². The largest absolute Gasteiger partial charge is 0.497 e. The van der Waals surface area contributed by atoms with E-state index in [1.54, 1.807) is 7.11 Å². The zero-order chi connectivity index (χ0) is 16.2. The summed E-state index contributed by atoms with van der Waals surface area (Å²) >= 11 is 1.53. The van der Waals surface area contributed by atoms with Crippen molar-refractivity contribution in [1.29, 1.82) is 0 Å². The Hall–Kier alpha value is -1.95. The van der Waals surface area contributed by atoms with Crippen LogP contribution < -0.4 is 4.74 Å². The third kappa shape index (κ3) is 3.69. The number of rotatable bonds is 5. The van der Waals surface area contributed by atoms with Crippen LogP contribution in [0.4, 0.5) is 0 Å². The fourth-order valence-corrected chi connectivity index (χ4v) is 3.66. The molecule has 0 N–H and O–H groups in total. The Labute approximate surface area is 140 Å². The summed E-state index contributed by atoms with van der Waals surface area (Å²) in [6.45, 7) is 2.66. The van der Waals surface area contributed by atoms with Gasteiger partial charge >= 0.3 is 0 Å². The maximum atomic E-state index is 12.6. The molecule has 0 unspecified atom stereocenters. The Morgan fingerprint density at radius 3 is 3.09 bits per heavy atom. The second-order valence-corrected chi connectivity index (χ2v) is 6.62. The highest BCUT2D eigenvalue weighted by Gasteiger charge is 2.31. The fourth-order valence-electron chi connectivity index (χ4n) is 2.83. The van der Waals surface area contributed by atoms with Crippen LogP contribution >= 0.6 is 11.8 Å². The molecule has 1 aliphatic rings. The molecule has 0 aliphatic carbocycles. The van der Waals surface area contributed by atoms with Gasteiger partial charge < -0.3 is 14.2 Å². The summed E-state index contributed by atoms with van der Waals surface area (Å²) in [6.07, 6.45) is 1.95. The van der Waals surface area contributed by atoms with Gasteiger partial charge in [0.15, 0.2) is 0 Å². The maximum absolute atomic E-state index is 12.6. The van der Waals surface area contributed by atoms with Gasteiger partial charge in [0.25, 0.3) is 0 Å². The van der Waals surface area contributed by atoms with Crippen LogP contribution in [0.1, 0.15) is 30.3 Å². The minimum Gasteiger partial charge on any atom is -0.497 e. The third-order valence-electron chi connectivity index (χ3n) is 3.96. The number of nitrogens with zero attached hydrogens (tertiary/aromatic N) is 2. The van der Waals surface area contributed by atoms with E-state index in [4.69, 9.17) is 9.26 Å². The number of ether oxygens (including phenoxy) is 1. The zero-order valence-electron chi connectivity index (χ0n) is 13.3. The molecule has 122 valence electrons. The first-order valence-corrected chi connectivity index (χ1v) is 8.65. The van der Waals surface area contributed by atoms with Crippen LogP contribution in [-0.2, 0) is 4.79 Å². The van der Waals surface area contributed by atoms with E-state index < -0.39 is 0 Å². The van der Waals surface area contributed by atoms with Crippen LogP contribution in [0, 0.1) is 6.92 Å². The molecule has 1 aliphatic heterocycles. The molecule has 1 fully saturated rings. The number of methoxy groups -OCH3 is 1. The van der Waals surface area contributed by atoms with E-state index in [-0.39, 0.29) is 11.9 Å². The maximum Gasteiger partial charge on any atom is 0.233 e. The van der Waals surface area contributed by atoms with Crippen molar-refractivity contribution in [3.8, 4) is 5.75 Å². The van der Waals surface area contributed by atoms with Gasteiger partial charge in [0.1, 0.15) is 17.2 Å². The predicted octanol–water partition coefficient (Wildman–Crippen LogP) is 3.45. The van der Waals surface area contributed by atoms with E-state index in [0.717, 1.165) is 41.5 Å². The lowest BCUT2D eigenvalue weighted by atomic mass is 10.1. The van der Waals surface area contributed by atoms with Gasteiger partial charge in [-0.1, -0.05) is 11.2 Å². The Kier molecular flexibility index (Phi) is 4.91. The molecule has 0 bridgehead atoms. The molecule has 1 aromatic heterocycles. The van der Waals surface area contributed by atoms with E-state index in [1.807, 2.05) is 42.2 Å². The van der Waals surface area contributed by atoms with Gasteiger partial charge in [-0.25, -0.2) is 0 Å². The molecule has 0 radical (unpaired) electrons. The zero-order valence-corrected chi connectivity index (χ0v) is 14.1. The summed E-state index contributed by atoms with van der Waals surface area (Å²) in [6, 6.07) is 9.73. The van der Waals surface area contributed by atoms with Crippen molar-refractivity contribution in [2.24, 2.45) is 0 Å². The monoisotopic (exact) mass is 332 g/mol. The summed E-state index contributed by atoms with van der Waals surface area (Å²) in [7, 11) is 1.64. The number of hydrogen-bond acceptors (Lipinski definition) is 5. The summed E-state index contributed by atoms with van der Waals surface area (Å²) in [4.78, 5) is 15.5. The molecule has 3 rings (SSSR count). The standard InChI is InChI=1S/C17H20N2O3S/c1-12-9-15(18-22-12)16-7-4-8-19(16)17(20)11-23-14-6-3-5-13(10-14)21-2/h3,5-6,9-10,16H,4,7-8,11H2,1-2H3/t16-/m1/s1. The summed E-state index contributed by atoms with van der Waals surface area (Å²) in [5.41, 5.74) is 0.861. The number of carbonyl (C=O) groups is 1. The average molecular weight is 332 g/mol. The SMILES string of the molecule is COc1cccc(SCC(=O)N2CCC[C@@H]2c2cc(C)on2)c1. The number of benzene rings is 1. The number of likely N-dealkylation sites (tertiary alicyclic amines) is 1. The summed E-state index contributed by atoms with van der Waals surface area (Å²) in [5.74, 6) is 2.14. The average Bonchev–Trinajstić information content (AvgIpc) is 3.21. The Morgan fingerprint density at radius 2 is 2.35 bits per heavy atom. The number of carbonyl (C=O) groups excluding carboxylic acids is 1. The number of thioether (sulfide) groups is 1. The van der Waals surface area contributed by atoms with E-state index in [1.165, 1.54) is 11.8 Å². The highest BCUT2D eigenvalue weighted by Crippen LogP contribution is 2.32. The van der Waals surface area contributed by atoms with Crippen LogP contribution in [0.2, 0.25) is 0 Å². The molecule has 1 atom stereocenters. The van der Waals surface area contributed by atoms with Crippen molar-refractivity contribution in [3.63, 3.8) is 0 Å². The van der Waals surface area contributed by atoms with Crippen molar-refractivity contribution < 1.29 is 14.1 Å². The first-order chi connectivity index (χ1) is 11.2. The number of aromatic nitrogens is 1. The Morgan fingerprint density at radius 1 is 1.48 bits per heavy atom. The number of aryl methyl sites for hydroxylation is 1. The molecule has 5 nitrogen and oxygen atoms in total. The van der Waals surface area contributed by atoms with Crippen LogP contribution in [-0.4, -0.2) is 35.4 Å². The van der Waals surface area contributed by atoms with Crippen molar-refractivity contribution in [2.75, 3.05) is 19.4 Å². The molecule has 1 saturated heterocycles. The molecule has 2 heterocycles. The first-order valence-electron chi connectivity index (χ1n) is 7.67. The Bertz CT molecular complexity index is 686. The fraction of sp³-hybridized carbons (Fsp3) is 0.412. The number of amides is 1. The van der Waals surface area contributed by atoms with Crippen molar-refractivity contribution in [2.45, 2.75) is 30.7 Å². The Balaban J connectivity index is 1.63. The number of hydrogen-bond donors (Lipinski definition) is 0. The first kappa shape index (κ1) is 15.9. The van der Waals surface area contributed by atoms with Gasteiger partial charge in [0, 0.05) is 17.5 Å². The summed E-state index contributed by atoms with van der Waals surface area (Å²) < 4.78 is 10.4. The molecular weight excluding hydrogens is 312 g/mol. The molecular formula is C17H20N2O3S. The predicted molar refractivity (Wildman–Crippen MR) is 88.6 cm³/mol. The minimum atomic E-state index is 0.0471. The molecule has 6 heteroatoms. The lowest BCUT2D eigenvalue weighted by Crippen LogP contribution is -2.32. The van der Waals surface area contributed by atoms with E-state index >= 15 is 0 Å². The van der Waals surface area contributed by atoms with E-state index in [0.29, 0.717) is 5.75 Å². The van der Waals surface area contributed by atoms with Crippen LogP contribution in [0.3, 0.4) is 0 Å². The molecule has 2 aromatic rings. The molecule has 1 amide bonds. The second-order valence-electron chi connectivity index (χ2n) is 5.58. The highest BCUT2D eigenvalue weighted by molar-refractivity contribution is 8.00. The minimum absolute atomic E-state index is 0.0471. The topological polar surface area (TPSA) is 55.6 Å². The van der Waals surface area contributed by atoms with Gasteiger partial charge in [-0.15, -0.1) is 11.8 Å². The second kappa shape index (κ2) is 7.08. The van der Waals surface area contributed by atoms with Crippen molar-refractivity contribution in [1.82, 2.24) is 10.1 Å². The lowest BCUT2D eigenvalue weighted by molar-refractivity contribution is -0.129. The third-order valence-corrected chi connectivity index (χ3v) is 4.94. The quantitative estimate of drug-likeness (QED) is 0.785. The highest BCUT2D eigenvalue weighted by atomic mass is 32.2. The van der Waals surface area contributed by atoms with Gasteiger partial charge in [0.2, 0.25) is 5.91 Å². The molecule has 0 saturated carbocycles. The van der Waals surface area contributed by atoms with Gasteiger partial charge in [0.05, 0.1) is 18.9 Å². The van der Waals surface area contributed by atoms with Crippen LogP contribution in [0.25, 0.3) is 0 Å². The van der Waals surface area contributed by atoms with E-state index in [2.05, 4.69) is 5.16 Å². The molecule has 0 spiro atoms.